The predicted molar refractivity (Wildman–Crippen MR) is 38.9 cm³/mol. The van der Waals surface area contributed by atoms with Gasteiger partial charge in [-0.15, -0.1) is 0 Å². The van der Waals surface area contributed by atoms with E-state index in [1.807, 2.05) is 5.32 Å². The van der Waals surface area contributed by atoms with Gasteiger partial charge < -0.3 is 10.2 Å². The first-order valence-electron chi connectivity index (χ1n) is 3.43. The summed E-state index contributed by atoms with van der Waals surface area (Å²) < 4.78 is 0. The molecule has 1 atom stereocenters. The van der Waals surface area contributed by atoms with E-state index < -0.39 is 24.5 Å². The number of aliphatic hydroxyl groups excluding tert-OH is 2. The lowest BCUT2D eigenvalue weighted by Gasteiger charge is -2.05. The summed E-state index contributed by atoms with van der Waals surface area (Å²) in [5.74, 6) is -1.14. The van der Waals surface area contributed by atoms with Crippen LogP contribution in [0.25, 0.3) is 0 Å². The third-order valence-electron chi connectivity index (χ3n) is 1.72. The van der Waals surface area contributed by atoms with Gasteiger partial charge in [-0.25, -0.2) is 0 Å². The van der Waals surface area contributed by atoms with Crippen LogP contribution in [0.15, 0.2) is 11.1 Å². The first-order valence-corrected chi connectivity index (χ1v) is 3.43. The lowest BCUT2D eigenvalue weighted by molar-refractivity contribution is -0.124. The van der Waals surface area contributed by atoms with E-state index in [9.17, 15) is 9.59 Å². The van der Waals surface area contributed by atoms with Crippen molar-refractivity contribution >= 4 is 11.8 Å². The molecule has 0 radical (unpaired) electrons. The van der Waals surface area contributed by atoms with Crippen molar-refractivity contribution in [2.24, 2.45) is 0 Å². The molecule has 0 saturated heterocycles. The zero-order valence-electron chi connectivity index (χ0n) is 6.50. The van der Waals surface area contributed by atoms with E-state index in [-0.39, 0.29) is 11.1 Å². The third-order valence-corrected chi connectivity index (χ3v) is 1.72. The van der Waals surface area contributed by atoms with Gasteiger partial charge in [-0.2, -0.15) is 0 Å². The van der Waals surface area contributed by atoms with Crippen molar-refractivity contribution in [3.05, 3.63) is 11.1 Å². The third kappa shape index (κ3) is 1.24. The fourth-order valence-electron chi connectivity index (χ4n) is 1.05. The fraction of sp³-hybridized carbons (Fsp3) is 0.429. The molecule has 3 N–H and O–H groups in total. The Morgan fingerprint density at radius 2 is 2.00 bits per heavy atom. The van der Waals surface area contributed by atoms with Crippen LogP contribution in [0.3, 0.4) is 0 Å². The molecule has 5 heteroatoms. The number of hydrogen-bond donors (Lipinski definition) is 3. The Hall–Kier alpha value is -1.20. The molecule has 0 spiro atoms. The Balaban J connectivity index is 3.00. The van der Waals surface area contributed by atoms with E-state index in [4.69, 9.17) is 10.2 Å². The van der Waals surface area contributed by atoms with Gasteiger partial charge in [0, 0.05) is 5.57 Å². The summed E-state index contributed by atoms with van der Waals surface area (Å²) in [6.45, 7) is 0.863. The van der Waals surface area contributed by atoms with Gasteiger partial charge in [0.15, 0.2) is 0 Å². The van der Waals surface area contributed by atoms with E-state index in [0.717, 1.165) is 0 Å². The topological polar surface area (TPSA) is 86.6 Å². The molecule has 1 heterocycles. The van der Waals surface area contributed by atoms with Crippen molar-refractivity contribution in [2.75, 3.05) is 6.61 Å². The molecule has 12 heavy (non-hydrogen) atoms. The summed E-state index contributed by atoms with van der Waals surface area (Å²) in [4.78, 5) is 21.8. The highest BCUT2D eigenvalue weighted by Gasteiger charge is 2.31. The average molecular weight is 171 g/mol. The van der Waals surface area contributed by atoms with Crippen LogP contribution in [-0.4, -0.2) is 34.7 Å². The SMILES string of the molecule is CC1=C(C(O)CO)C(=O)NC1=O. The lowest BCUT2D eigenvalue weighted by Crippen LogP contribution is -2.27. The summed E-state index contributed by atoms with van der Waals surface area (Å²) in [6, 6.07) is 0. The van der Waals surface area contributed by atoms with Gasteiger partial charge in [-0.3, -0.25) is 14.9 Å². The predicted octanol–water partition coefficient (Wildman–Crippen LogP) is -1.69. The number of carbonyl (C=O) groups excluding carboxylic acids is 2. The maximum atomic E-state index is 10.9. The largest absolute Gasteiger partial charge is 0.393 e. The number of carbonyl (C=O) groups is 2. The molecule has 5 nitrogen and oxygen atoms in total. The molecule has 1 rings (SSSR count). The maximum Gasteiger partial charge on any atom is 0.257 e. The summed E-state index contributed by atoms with van der Waals surface area (Å²) >= 11 is 0. The number of rotatable bonds is 2. The van der Waals surface area contributed by atoms with E-state index in [2.05, 4.69) is 0 Å². The van der Waals surface area contributed by atoms with Crippen molar-refractivity contribution in [3.63, 3.8) is 0 Å². The van der Waals surface area contributed by atoms with E-state index in [1.54, 1.807) is 0 Å². The van der Waals surface area contributed by atoms with Gasteiger partial charge in [0.2, 0.25) is 0 Å². The molecule has 0 bridgehead atoms. The van der Waals surface area contributed by atoms with E-state index >= 15 is 0 Å². The second-order valence-electron chi connectivity index (χ2n) is 2.52. The van der Waals surface area contributed by atoms with Crippen LogP contribution in [0.1, 0.15) is 6.92 Å². The molecular weight excluding hydrogens is 162 g/mol. The molecule has 0 aromatic carbocycles. The molecule has 1 unspecified atom stereocenters. The summed E-state index contributed by atoms with van der Waals surface area (Å²) in [5.41, 5.74) is 0.129. The highest BCUT2D eigenvalue weighted by atomic mass is 16.3. The average Bonchev–Trinajstić information content (AvgIpc) is 2.26. The van der Waals surface area contributed by atoms with Gasteiger partial charge in [-0.05, 0) is 6.92 Å². The minimum atomic E-state index is -1.27. The molecule has 0 aromatic rings. The van der Waals surface area contributed by atoms with Crippen molar-refractivity contribution in [1.29, 1.82) is 0 Å². The molecule has 0 aromatic heterocycles. The molecule has 2 amide bonds. The monoisotopic (exact) mass is 171 g/mol. The standard InChI is InChI=1S/C7H9NO4/c1-3-5(4(10)2-9)7(12)8-6(3)11/h4,9-10H,2H2,1H3,(H,8,11,12). The van der Waals surface area contributed by atoms with Gasteiger partial charge in [0.25, 0.3) is 11.8 Å². The van der Waals surface area contributed by atoms with Crippen molar-refractivity contribution < 1.29 is 19.8 Å². The highest BCUT2D eigenvalue weighted by molar-refractivity contribution is 6.19. The highest BCUT2D eigenvalue weighted by Crippen LogP contribution is 2.15. The molecule has 0 fully saturated rings. The smallest absolute Gasteiger partial charge is 0.257 e. The lowest BCUT2D eigenvalue weighted by atomic mass is 10.1. The minimum Gasteiger partial charge on any atom is -0.393 e. The Morgan fingerprint density at radius 1 is 1.42 bits per heavy atom. The molecule has 1 aliphatic heterocycles. The zero-order chi connectivity index (χ0) is 9.30. The van der Waals surface area contributed by atoms with E-state index in [1.165, 1.54) is 6.92 Å². The van der Waals surface area contributed by atoms with Crippen molar-refractivity contribution in [3.8, 4) is 0 Å². The molecular formula is C7H9NO4. The van der Waals surface area contributed by atoms with Crippen LogP contribution in [0.4, 0.5) is 0 Å². The Labute approximate surface area is 68.7 Å². The number of hydrogen-bond acceptors (Lipinski definition) is 4. The van der Waals surface area contributed by atoms with Crippen LogP contribution in [-0.2, 0) is 9.59 Å². The van der Waals surface area contributed by atoms with Gasteiger partial charge in [0.1, 0.15) is 6.10 Å². The molecule has 1 aliphatic rings. The Morgan fingerprint density at radius 3 is 2.33 bits per heavy atom. The van der Waals surface area contributed by atoms with Crippen LogP contribution in [0, 0.1) is 0 Å². The number of imide groups is 1. The Bertz CT molecular complexity index is 269. The molecule has 0 aliphatic carbocycles. The zero-order valence-corrected chi connectivity index (χ0v) is 6.50. The van der Waals surface area contributed by atoms with Crippen LogP contribution in [0.2, 0.25) is 0 Å². The normalized spacial score (nSPS) is 19.9. The second-order valence-corrected chi connectivity index (χ2v) is 2.52. The van der Waals surface area contributed by atoms with Gasteiger partial charge >= 0.3 is 0 Å². The van der Waals surface area contributed by atoms with Crippen LogP contribution < -0.4 is 5.32 Å². The summed E-state index contributed by atoms with van der Waals surface area (Å²) in [5, 5.41) is 19.6. The van der Waals surface area contributed by atoms with Gasteiger partial charge in [0.05, 0.1) is 12.2 Å². The van der Waals surface area contributed by atoms with Crippen LogP contribution >= 0.6 is 0 Å². The summed E-state index contributed by atoms with van der Waals surface area (Å²) in [6.07, 6.45) is -1.27. The molecule has 66 valence electrons. The maximum absolute atomic E-state index is 10.9. The molecule has 0 saturated carbocycles. The van der Waals surface area contributed by atoms with E-state index in [0.29, 0.717) is 0 Å². The van der Waals surface area contributed by atoms with Gasteiger partial charge in [-0.1, -0.05) is 0 Å². The second kappa shape index (κ2) is 3.04. The number of amides is 2. The first-order chi connectivity index (χ1) is 5.57. The van der Waals surface area contributed by atoms with Crippen molar-refractivity contribution in [2.45, 2.75) is 13.0 Å². The summed E-state index contributed by atoms with van der Waals surface area (Å²) in [7, 11) is 0. The fourth-order valence-corrected chi connectivity index (χ4v) is 1.05. The first kappa shape index (κ1) is 8.89. The van der Waals surface area contributed by atoms with Crippen LogP contribution in [0.5, 0.6) is 0 Å². The number of aliphatic hydroxyl groups is 2. The Kier molecular flexibility index (Phi) is 2.25. The minimum absolute atomic E-state index is 0.0394. The number of nitrogens with one attached hydrogen (secondary N) is 1. The quantitative estimate of drug-likeness (QED) is 0.433. The van der Waals surface area contributed by atoms with Crippen molar-refractivity contribution in [1.82, 2.24) is 5.32 Å².